The van der Waals surface area contributed by atoms with E-state index in [0.29, 0.717) is 17.4 Å². The van der Waals surface area contributed by atoms with Crippen LogP contribution in [-0.2, 0) is 4.74 Å². The van der Waals surface area contributed by atoms with Gasteiger partial charge in [-0.15, -0.1) is 0 Å². The molecule has 17 heavy (non-hydrogen) atoms. The highest BCUT2D eigenvalue weighted by molar-refractivity contribution is 5.06. The first-order chi connectivity index (χ1) is 7.82. The van der Waals surface area contributed by atoms with Crippen molar-refractivity contribution >= 4 is 0 Å². The third kappa shape index (κ3) is 3.23. The molecule has 0 aromatic carbocycles. The van der Waals surface area contributed by atoms with Crippen LogP contribution in [0.25, 0.3) is 0 Å². The lowest BCUT2D eigenvalue weighted by atomic mass is 9.85. The summed E-state index contributed by atoms with van der Waals surface area (Å²) in [7, 11) is 0. The maximum Gasteiger partial charge on any atom is 0.0603 e. The van der Waals surface area contributed by atoms with Crippen molar-refractivity contribution in [1.82, 2.24) is 5.32 Å². The van der Waals surface area contributed by atoms with Gasteiger partial charge in [-0.05, 0) is 63.8 Å². The van der Waals surface area contributed by atoms with E-state index in [0.717, 1.165) is 12.5 Å². The fourth-order valence-corrected chi connectivity index (χ4v) is 3.11. The molecular formula is C15H29NO. The monoisotopic (exact) mass is 239 g/mol. The van der Waals surface area contributed by atoms with Gasteiger partial charge < -0.3 is 10.1 Å². The van der Waals surface area contributed by atoms with Crippen LogP contribution in [0.3, 0.4) is 0 Å². The molecule has 1 N–H and O–H groups in total. The summed E-state index contributed by atoms with van der Waals surface area (Å²) in [6.45, 7) is 13.5. The molecule has 3 atom stereocenters. The fraction of sp³-hybridized carbons (Fsp3) is 1.00. The summed E-state index contributed by atoms with van der Waals surface area (Å²) in [6, 6.07) is 0. The first kappa shape index (κ1) is 13.4. The summed E-state index contributed by atoms with van der Waals surface area (Å²) >= 11 is 0. The van der Waals surface area contributed by atoms with Crippen LogP contribution < -0.4 is 5.32 Å². The van der Waals surface area contributed by atoms with Gasteiger partial charge in [-0.2, -0.15) is 0 Å². The molecule has 1 aliphatic heterocycles. The second-order valence-electron chi connectivity index (χ2n) is 7.50. The van der Waals surface area contributed by atoms with E-state index >= 15 is 0 Å². The van der Waals surface area contributed by atoms with Crippen LogP contribution in [0.1, 0.15) is 53.9 Å². The Hall–Kier alpha value is -0.0800. The second-order valence-corrected chi connectivity index (χ2v) is 7.50. The Bertz CT molecular complexity index is 269. The number of ether oxygens (including phenoxy) is 1. The summed E-state index contributed by atoms with van der Waals surface area (Å²) in [5, 5.41) is 3.66. The molecule has 2 aliphatic rings. The normalized spacial score (nSPS) is 37.8. The van der Waals surface area contributed by atoms with E-state index in [2.05, 4.69) is 39.9 Å². The third-order valence-electron chi connectivity index (χ3n) is 4.52. The minimum absolute atomic E-state index is 0.256. The Morgan fingerprint density at radius 2 is 2.00 bits per heavy atom. The molecular weight excluding hydrogens is 210 g/mol. The van der Waals surface area contributed by atoms with Crippen molar-refractivity contribution in [3.63, 3.8) is 0 Å². The first-order valence-corrected chi connectivity index (χ1v) is 7.19. The lowest BCUT2D eigenvalue weighted by Gasteiger charge is -2.33. The molecule has 100 valence electrons. The van der Waals surface area contributed by atoms with Crippen LogP contribution in [0.5, 0.6) is 0 Å². The van der Waals surface area contributed by atoms with Crippen molar-refractivity contribution in [2.75, 3.05) is 13.2 Å². The van der Waals surface area contributed by atoms with Crippen molar-refractivity contribution in [1.29, 1.82) is 0 Å². The van der Waals surface area contributed by atoms with Crippen LogP contribution in [0.2, 0.25) is 0 Å². The molecule has 0 aromatic heterocycles. The molecule has 3 unspecified atom stereocenters. The molecule has 2 heteroatoms. The summed E-state index contributed by atoms with van der Waals surface area (Å²) in [6.07, 6.45) is 4.50. The van der Waals surface area contributed by atoms with E-state index in [1.807, 2.05) is 0 Å². The Labute approximate surface area is 107 Å². The van der Waals surface area contributed by atoms with Gasteiger partial charge in [0, 0.05) is 12.1 Å². The molecule has 2 nitrogen and oxygen atoms in total. The van der Waals surface area contributed by atoms with Crippen LogP contribution in [0.4, 0.5) is 0 Å². The Balaban J connectivity index is 1.83. The van der Waals surface area contributed by atoms with Gasteiger partial charge in [0.05, 0.1) is 6.10 Å². The zero-order valence-electron chi connectivity index (χ0n) is 12.2. The molecule has 0 bridgehead atoms. The van der Waals surface area contributed by atoms with Gasteiger partial charge in [-0.3, -0.25) is 0 Å². The van der Waals surface area contributed by atoms with E-state index in [1.165, 1.54) is 25.8 Å². The van der Waals surface area contributed by atoms with E-state index < -0.39 is 0 Å². The number of rotatable bonds is 3. The highest BCUT2D eigenvalue weighted by Crippen LogP contribution is 2.60. The van der Waals surface area contributed by atoms with Gasteiger partial charge in [-0.25, -0.2) is 0 Å². The highest BCUT2D eigenvalue weighted by Gasteiger charge is 2.55. The van der Waals surface area contributed by atoms with Crippen molar-refractivity contribution in [2.24, 2.45) is 17.3 Å². The van der Waals surface area contributed by atoms with Gasteiger partial charge in [0.15, 0.2) is 0 Å². The highest BCUT2D eigenvalue weighted by atomic mass is 16.5. The van der Waals surface area contributed by atoms with E-state index in [9.17, 15) is 0 Å². The fourth-order valence-electron chi connectivity index (χ4n) is 3.11. The lowest BCUT2D eigenvalue weighted by molar-refractivity contribution is -0.0445. The summed E-state index contributed by atoms with van der Waals surface area (Å²) < 4.78 is 5.89. The SMILES string of the molecule is CC(C)C1CC2(CCO1)CC2CNC(C)(C)C. The molecule has 1 aliphatic carbocycles. The van der Waals surface area contributed by atoms with Crippen LogP contribution >= 0.6 is 0 Å². The largest absolute Gasteiger partial charge is 0.378 e. The summed E-state index contributed by atoms with van der Waals surface area (Å²) in [4.78, 5) is 0. The zero-order valence-corrected chi connectivity index (χ0v) is 12.2. The van der Waals surface area contributed by atoms with Gasteiger partial charge in [-0.1, -0.05) is 13.8 Å². The molecule has 1 heterocycles. The van der Waals surface area contributed by atoms with E-state index in [4.69, 9.17) is 4.74 Å². The number of hydrogen-bond acceptors (Lipinski definition) is 2. The Morgan fingerprint density at radius 3 is 2.59 bits per heavy atom. The number of nitrogens with one attached hydrogen (secondary N) is 1. The molecule has 2 fully saturated rings. The summed E-state index contributed by atoms with van der Waals surface area (Å²) in [5.74, 6) is 1.57. The van der Waals surface area contributed by atoms with Crippen molar-refractivity contribution in [3.8, 4) is 0 Å². The molecule has 2 rings (SSSR count). The smallest absolute Gasteiger partial charge is 0.0603 e. The molecule has 0 amide bonds. The molecule has 1 saturated heterocycles. The maximum absolute atomic E-state index is 5.89. The standard InChI is InChI=1S/C15H29NO/c1-11(2)13-9-15(6-7-17-13)8-12(15)10-16-14(3,4)5/h11-13,16H,6-10H2,1-5H3. The zero-order chi connectivity index (χ0) is 12.7. The Kier molecular flexibility index (Phi) is 3.57. The first-order valence-electron chi connectivity index (χ1n) is 7.19. The summed E-state index contributed by atoms with van der Waals surface area (Å²) in [5.41, 5.74) is 0.887. The minimum atomic E-state index is 0.256. The lowest BCUT2D eigenvalue weighted by Crippen LogP contribution is -2.39. The van der Waals surface area contributed by atoms with E-state index in [-0.39, 0.29) is 5.54 Å². The maximum atomic E-state index is 5.89. The van der Waals surface area contributed by atoms with Crippen molar-refractivity contribution < 1.29 is 4.74 Å². The van der Waals surface area contributed by atoms with Crippen LogP contribution in [-0.4, -0.2) is 24.8 Å². The predicted molar refractivity (Wildman–Crippen MR) is 72.1 cm³/mol. The van der Waals surface area contributed by atoms with Gasteiger partial charge in [0.1, 0.15) is 0 Å². The second kappa shape index (κ2) is 4.55. The molecule has 0 radical (unpaired) electrons. The van der Waals surface area contributed by atoms with Crippen molar-refractivity contribution in [3.05, 3.63) is 0 Å². The predicted octanol–water partition coefficient (Wildman–Crippen LogP) is 3.22. The van der Waals surface area contributed by atoms with Gasteiger partial charge in [0.25, 0.3) is 0 Å². The van der Waals surface area contributed by atoms with Gasteiger partial charge in [0.2, 0.25) is 0 Å². The van der Waals surface area contributed by atoms with Crippen molar-refractivity contribution in [2.45, 2.75) is 65.5 Å². The van der Waals surface area contributed by atoms with E-state index in [1.54, 1.807) is 0 Å². The minimum Gasteiger partial charge on any atom is -0.378 e. The average molecular weight is 239 g/mol. The molecule has 0 aromatic rings. The van der Waals surface area contributed by atoms with Gasteiger partial charge >= 0.3 is 0 Å². The van der Waals surface area contributed by atoms with Crippen LogP contribution in [0, 0.1) is 17.3 Å². The Morgan fingerprint density at radius 1 is 1.29 bits per heavy atom. The quantitative estimate of drug-likeness (QED) is 0.816. The third-order valence-corrected chi connectivity index (χ3v) is 4.52. The molecule has 1 spiro atoms. The van der Waals surface area contributed by atoms with Crippen LogP contribution in [0.15, 0.2) is 0 Å². The topological polar surface area (TPSA) is 21.3 Å². The molecule has 1 saturated carbocycles. The number of hydrogen-bond donors (Lipinski definition) is 1. The average Bonchev–Trinajstić information content (AvgIpc) is 2.87.